The molecule has 2 aliphatic rings. The molecule has 1 aliphatic heterocycles. The van der Waals surface area contributed by atoms with Crippen LogP contribution in [0, 0.1) is 13.8 Å². The molecule has 0 saturated carbocycles. The highest BCUT2D eigenvalue weighted by atomic mass is 16.5. The number of carbonyl (C=O) groups excluding carboxylic acids is 2. The van der Waals surface area contributed by atoms with Gasteiger partial charge >= 0.3 is 0 Å². The normalized spacial score (nSPS) is 18.2. The highest BCUT2D eigenvalue weighted by Gasteiger charge is 2.39. The van der Waals surface area contributed by atoms with Crippen LogP contribution in [-0.4, -0.2) is 11.7 Å². The Kier molecular flexibility index (Phi) is 6.06. The molecule has 0 fully saturated rings. The van der Waals surface area contributed by atoms with Crippen LogP contribution in [0.1, 0.15) is 53.9 Å². The molecule has 1 amide bonds. The fraction of sp³-hybridized carbons (Fsp3) is 0.267. The minimum atomic E-state index is -0.205. The van der Waals surface area contributed by atoms with Gasteiger partial charge in [0.25, 0.3) is 0 Å². The zero-order valence-corrected chi connectivity index (χ0v) is 19.7. The summed E-state index contributed by atoms with van der Waals surface area (Å²) in [4.78, 5) is 28.2. The fourth-order valence-electron chi connectivity index (χ4n) is 4.92. The maximum absolute atomic E-state index is 13.3. The molecule has 3 aromatic carbocycles. The Hall–Kier alpha value is -3.66. The first-order chi connectivity index (χ1) is 16.5. The minimum absolute atomic E-state index is 0.0435. The van der Waals surface area contributed by atoms with E-state index in [0.29, 0.717) is 19.4 Å². The molecule has 1 aliphatic carbocycles. The SMILES string of the molecule is Cc1ccc(COc2ccc(C3CC(=O)N(c4ccc(C)cc4)C4=C3C(=O)CCC4)cc2)cc1. The molecule has 1 atom stereocenters. The van der Waals surface area contributed by atoms with E-state index in [2.05, 4.69) is 31.2 Å². The number of amides is 1. The monoisotopic (exact) mass is 451 g/mol. The number of nitrogens with zero attached hydrogens (tertiary/aromatic N) is 1. The van der Waals surface area contributed by atoms with Crippen molar-refractivity contribution in [3.8, 4) is 5.75 Å². The van der Waals surface area contributed by atoms with E-state index in [4.69, 9.17) is 4.74 Å². The number of aryl methyl sites for hydroxylation is 2. The second-order valence-electron chi connectivity index (χ2n) is 9.30. The number of ether oxygens (including phenoxy) is 1. The maximum Gasteiger partial charge on any atom is 0.232 e. The highest BCUT2D eigenvalue weighted by Crippen LogP contribution is 2.43. The van der Waals surface area contributed by atoms with Crippen LogP contribution >= 0.6 is 0 Å². The molecule has 34 heavy (non-hydrogen) atoms. The van der Waals surface area contributed by atoms with Crippen molar-refractivity contribution in [2.75, 3.05) is 4.90 Å². The van der Waals surface area contributed by atoms with Gasteiger partial charge in [-0.1, -0.05) is 59.7 Å². The third kappa shape index (κ3) is 4.41. The van der Waals surface area contributed by atoms with E-state index < -0.39 is 0 Å². The number of benzene rings is 3. The van der Waals surface area contributed by atoms with Crippen molar-refractivity contribution < 1.29 is 14.3 Å². The summed E-state index contributed by atoms with van der Waals surface area (Å²) in [5.41, 5.74) is 7.00. The first-order valence-corrected chi connectivity index (χ1v) is 11.9. The van der Waals surface area contributed by atoms with E-state index in [1.54, 1.807) is 4.90 Å². The lowest BCUT2D eigenvalue weighted by Crippen LogP contribution is -2.40. The summed E-state index contributed by atoms with van der Waals surface area (Å²) >= 11 is 0. The van der Waals surface area contributed by atoms with E-state index in [9.17, 15) is 9.59 Å². The smallest absolute Gasteiger partial charge is 0.232 e. The average Bonchev–Trinajstić information content (AvgIpc) is 2.84. The van der Waals surface area contributed by atoms with Gasteiger partial charge in [-0.05, 0) is 62.1 Å². The zero-order chi connectivity index (χ0) is 23.7. The van der Waals surface area contributed by atoms with E-state index in [0.717, 1.165) is 52.2 Å². The Morgan fingerprint density at radius 1 is 0.824 bits per heavy atom. The third-order valence-corrected chi connectivity index (χ3v) is 6.78. The number of Topliss-reactive ketones (excluding diaryl/α,β-unsaturated/α-hetero) is 1. The van der Waals surface area contributed by atoms with E-state index >= 15 is 0 Å². The van der Waals surface area contributed by atoms with Crippen molar-refractivity contribution in [3.05, 3.63) is 106 Å². The van der Waals surface area contributed by atoms with Gasteiger partial charge in [-0.3, -0.25) is 14.5 Å². The second kappa shape index (κ2) is 9.30. The van der Waals surface area contributed by atoms with Gasteiger partial charge in [0.05, 0.1) is 0 Å². The van der Waals surface area contributed by atoms with Gasteiger partial charge in [0.2, 0.25) is 5.91 Å². The molecular formula is C30H29NO3. The number of ketones is 1. The first-order valence-electron chi connectivity index (χ1n) is 11.9. The Balaban J connectivity index is 1.41. The van der Waals surface area contributed by atoms with Crippen LogP contribution in [0.25, 0.3) is 0 Å². The summed E-state index contributed by atoms with van der Waals surface area (Å²) < 4.78 is 5.95. The van der Waals surface area contributed by atoms with Crippen LogP contribution in [0.4, 0.5) is 5.69 Å². The van der Waals surface area contributed by atoms with Crippen LogP contribution in [0.5, 0.6) is 5.75 Å². The molecule has 0 N–H and O–H groups in total. The largest absolute Gasteiger partial charge is 0.489 e. The Bertz CT molecular complexity index is 1240. The van der Waals surface area contributed by atoms with Gasteiger partial charge in [-0.25, -0.2) is 0 Å². The first kappa shape index (κ1) is 22.1. The maximum atomic E-state index is 13.3. The summed E-state index contributed by atoms with van der Waals surface area (Å²) in [6.45, 7) is 4.60. The van der Waals surface area contributed by atoms with E-state index in [1.165, 1.54) is 5.56 Å². The van der Waals surface area contributed by atoms with E-state index in [-0.39, 0.29) is 17.6 Å². The minimum Gasteiger partial charge on any atom is -0.489 e. The predicted molar refractivity (Wildman–Crippen MR) is 134 cm³/mol. The molecule has 1 heterocycles. The molecular weight excluding hydrogens is 422 g/mol. The third-order valence-electron chi connectivity index (χ3n) is 6.78. The number of hydrogen-bond donors (Lipinski definition) is 0. The Labute approximate surface area is 200 Å². The predicted octanol–water partition coefficient (Wildman–Crippen LogP) is 6.41. The number of anilines is 1. The Morgan fingerprint density at radius 3 is 2.15 bits per heavy atom. The topological polar surface area (TPSA) is 46.6 Å². The fourth-order valence-corrected chi connectivity index (χ4v) is 4.92. The van der Waals surface area contributed by atoms with Gasteiger partial charge in [0.15, 0.2) is 5.78 Å². The summed E-state index contributed by atoms with van der Waals surface area (Å²) in [7, 11) is 0. The van der Waals surface area contributed by atoms with Crippen LogP contribution in [0.3, 0.4) is 0 Å². The van der Waals surface area contributed by atoms with Crippen molar-refractivity contribution in [3.63, 3.8) is 0 Å². The summed E-state index contributed by atoms with van der Waals surface area (Å²) in [5, 5.41) is 0. The van der Waals surface area contributed by atoms with Crippen LogP contribution < -0.4 is 9.64 Å². The molecule has 3 aromatic rings. The van der Waals surface area contributed by atoms with Gasteiger partial charge in [-0.15, -0.1) is 0 Å². The molecule has 0 aromatic heterocycles. The lowest BCUT2D eigenvalue weighted by Gasteiger charge is -2.38. The van der Waals surface area contributed by atoms with E-state index in [1.807, 2.05) is 55.5 Å². The lowest BCUT2D eigenvalue weighted by atomic mass is 9.77. The number of rotatable bonds is 5. The van der Waals surface area contributed by atoms with Gasteiger partial charge in [0.1, 0.15) is 12.4 Å². The zero-order valence-electron chi connectivity index (χ0n) is 19.7. The second-order valence-corrected chi connectivity index (χ2v) is 9.30. The van der Waals surface area contributed by atoms with Gasteiger partial charge in [-0.2, -0.15) is 0 Å². The molecule has 4 nitrogen and oxygen atoms in total. The standard InChI is InChI=1S/C30H29NO3/c1-20-6-10-22(11-7-20)19-34-25-16-12-23(13-17-25)26-18-29(33)31(24-14-8-21(2)9-15-24)27-4-3-5-28(32)30(26)27/h6-17,26H,3-5,18-19H2,1-2H3. The molecule has 0 saturated heterocycles. The molecule has 0 radical (unpaired) electrons. The summed E-state index contributed by atoms with van der Waals surface area (Å²) in [5.74, 6) is 0.776. The van der Waals surface area contributed by atoms with Crippen molar-refractivity contribution in [2.24, 2.45) is 0 Å². The highest BCUT2D eigenvalue weighted by molar-refractivity contribution is 6.07. The average molecular weight is 452 g/mol. The van der Waals surface area contributed by atoms with Crippen LogP contribution in [-0.2, 0) is 16.2 Å². The molecule has 1 unspecified atom stereocenters. The molecule has 4 heteroatoms. The van der Waals surface area contributed by atoms with Crippen LogP contribution in [0.2, 0.25) is 0 Å². The molecule has 0 spiro atoms. The number of allylic oxidation sites excluding steroid dienone is 2. The molecule has 172 valence electrons. The quantitative estimate of drug-likeness (QED) is 0.450. The molecule has 0 bridgehead atoms. The number of hydrogen-bond acceptors (Lipinski definition) is 3. The lowest BCUT2D eigenvalue weighted by molar-refractivity contribution is -0.119. The summed E-state index contributed by atoms with van der Waals surface area (Å²) in [6.07, 6.45) is 2.37. The van der Waals surface area contributed by atoms with Crippen molar-refractivity contribution in [1.29, 1.82) is 0 Å². The number of carbonyl (C=O) groups is 2. The van der Waals surface area contributed by atoms with Gasteiger partial charge in [0, 0.05) is 35.7 Å². The Morgan fingerprint density at radius 2 is 1.47 bits per heavy atom. The van der Waals surface area contributed by atoms with Gasteiger partial charge < -0.3 is 4.74 Å². The van der Waals surface area contributed by atoms with Crippen LogP contribution in [0.15, 0.2) is 84.1 Å². The van der Waals surface area contributed by atoms with Crippen molar-refractivity contribution in [2.45, 2.75) is 52.1 Å². The summed E-state index contributed by atoms with van der Waals surface area (Å²) in [6, 6.07) is 24.1. The van der Waals surface area contributed by atoms with Crippen molar-refractivity contribution in [1.82, 2.24) is 0 Å². The van der Waals surface area contributed by atoms with Crippen molar-refractivity contribution >= 4 is 17.4 Å². The molecule has 5 rings (SSSR count).